The maximum atomic E-state index is 12.4. The number of rotatable bonds is 8. The second kappa shape index (κ2) is 8.80. The molecule has 0 bridgehead atoms. The zero-order valence-electron chi connectivity index (χ0n) is 13.3. The summed E-state index contributed by atoms with van der Waals surface area (Å²) in [7, 11) is -1.50. The average molecular weight is 437 g/mol. The Labute approximate surface area is 160 Å². The van der Waals surface area contributed by atoms with Crippen LogP contribution >= 0.6 is 31.8 Å². The summed E-state index contributed by atoms with van der Waals surface area (Å²) in [6.45, 7) is 0. The van der Waals surface area contributed by atoms with Gasteiger partial charge in [0.25, 0.3) is 20.0 Å². The molecule has 0 saturated heterocycles. The van der Waals surface area contributed by atoms with Crippen molar-refractivity contribution in [3.05, 3.63) is 60.7 Å². The van der Waals surface area contributed by atoms with E-state index >= 15 is 0 Å². The molecule has 0 spiro atoms. The van der Waals surface area contributed by atoms with Crippen molar-refractivity contribution in [2.75, 3.05) is 14.1 Å². The van der Waals surface area contributed by atoms with E-state index in [4.69, 9.17) is 0 Å². The fraction of sp³-hybridized carbons (Fsp3) is 0.143. The molecule has 6 nitrogen and oxygen atoms in total. The SMILES string of the molecule is CN(SSSN(C)S(=O)(=O)c1ccccc1)S(=O)(=O)c1ccccc1. The monoisotopic (exact) mass is 436 g/mol. The molecule has 0 heterocycles. The van der Waals surface area contributed by atoms with E-state index in [2.05, 4.69) is 0 Å². The summed E-state index contributed by atoms with van der Waals surface area (Å²) in [4.78, 5) is 0.363. The van der Waals surface area contributed by atoms with Gasteiger partial charge in [0, 0.05) is 45.9 Å². The van der Waals surface area contributed by atoms with Crippen molar-refractivity contribution >= 4 is 51.8 Å². The van der Waals surface area contributed by atoms with Crippen molar-refractivity contribution in [2.45, 2.75) is 9.79 Å². The Morgan fingerprint density at radius 3 is 1.28 bits per heavy atom. The molecule has 136 valence electrons. The molecule has 0 radical (unpaired) electrons. The fourth-order valence-corrected chi connectivity index (χ4v) is 9.78. The standard InChI is InChI=1S/C14H16N2O4S5/c1-15(24(17,18)13-9-5-3-6-10-13)21-23-22-16(2)25(19,20)14-11-7-4-8-12-14/h3-12H,1-2H3. The predicted octanol–water partition coefficient (Wildman–Crippen LogP) is 3.49. The zero-order valence-corrected chi connectivity index (χ0v) is 17.4. The van der Waals surface area contributed by atoms with Gasteiger partial charge in [-0.25, -0.2) is 16.8 Å². The highest BCUT2D eigenvalue weighted by atomic mass is 33.5. The molecule has 0 saturated carbocycles. The van der Waals surface area contributed by atoms with E-state index in [1.165, 1.54) is 38.4 Å². The summed E-state index contributed by atoms with van der Waals surface area (Å²) in [5.41, 5.74) is 0. The summed E-state index contributed by atoms with van der Waals surface area (Å²) in [6, 6.07) is 16.1. The third-order valence-electron chi connectivity index (χ3n) is 3.03. The quantitative estimate of drug-likeness (QED) is 0.463. The van der Waals surface area contributed by atoms with Gasteiger partial charge >= 0.3 is 0 Å². The van der Waals surface area contributed by atoms with Crippen LogP contribution in [0.15, 0.2) is 70.5 Å². The van der Waals surface area contributed by atoms with Gasteiger partial charge in [-0.2, -0.15) is 0 Å². The van der Waals surface area contributed by atoms with Gasteiger partial charge in [0.15, 0.2) is 0 Å². The molecule has 0 aromatic heterocycles. The van der Waals surface area contributed by atoms with E-state index in [0.717, 1.165) is 39.2 Å². The lowest BCUT2D eigenvalue weighted by Crippen LogP contribution is -2.20. The lowest BCUT2D eigenvalue weighted by molar-refractivity contribution is 0.564. The van der Waals surface area contributed by atoms with Gasteiger partial charge in [-0.15, -0.1) is 7.42 Å². The molecule has 0 N–H and O–H groups in total. The molecule has 2 aromatic rings. The first-order chi connectivity index (χ1) is 11.8. The molecule has 0 aliphatic heterocycles. The maximum Gasteiger partial charge on any atom is 0.252 e. The van der Waals surface area contributed by atoms with Crippen LogP contribution < -0.4 is 0 Å². The topological polar surface area (TPSA) is 74.8 Å². The van der Waals surface area contributed by atoms with E-state index in [0.29, 0.717) is 0 Å². The highest BCUT2D eigenvalue weighted by molar-refractivity contribution is 9.09. The van der Waals surface area contributed by atoms with E-state index in [9.17, 15) is 16.8 Å². The van der Waals surface area contributed by atoms with Crippen molar-refractivity contribution in [3.8, 4) is 0 Å². The van der Waals surface area contributed by atoms with Gasteiger partial charge in [0.05, 0.1) is 9.79 Å². The minimum Gasteiger partial charge on any atom is -0.206 e. The summed E-state index contributed by atoms with van der Waals surface area (Å²) < 4.78 is 51.7. The Morgan fingerprint density at radius 1 is 0.640 bits per heavy atom. The second-order valence-corrected chi connectivity index (χ2v) is 13.1. The number of nitrogens with zero attached hydrogens (tertiary/aromatic N) is 2. The summed E-state index contributed by atoms with van der Waals surface area (Å²) in [5, 5.41) is 0. The molecule has 0 aliphatic carbocycles. The average Bonchev–Trinajstić information content (AvgIpc) is 2.62. The minimum atomic E-state index is -3.63. The van der Waals surface area contributed by atoms with Crippen LogP contribution in [-0.2, 0) is 20.0 Å². The molecule has 2 rings (SSSR count). The lowest BCUT2D eigenvalue weighted by atomic mass is 10.4. The third-order valence-corrected chi connectivity index (χ3v) is 11.7. The second-order valence-electron chi connectivity index (χ2n) is 4.67. The number of benzene rings is 2. The minimum absolute atomic E-state index is 0.181. The van der Waals surface area contributed by atoms with Crippen molar-refractivity contribution in [3.63, 3.8) is 0 Å². The summed E-state index contributed by atoms with van der Waals surface area (Å²) >= 11 is 0. The van der Waals surface area contributed by atoms with Gasteiger partial charge in [0.2, 0.25) is 0 Å². The molecular formula is C14H16N2O4S5. The summed E-state index contributed by atoms with van der Waals surface area (Å²) in [5.74, 6) is 0. The van der Waals surface area contributed by atoms with Crippen molar-refractivity contribution in [1.82, 2.24) is 7.42 Å². The highest BCUT2D eigenvalue weighted by Gasteiger charge is 2.24. The molecular weight excluding hydrogens is 420 g/mol. The third kappa shape index (κ3) is 5.16. The van der Waals surface area contributed by atoms with Crippen LogP contribution in [0.2, 0.25) is 0 Å². The Hall–Kier alpha value is -0.690. The maximum absolute atomic E-state index is 12.4. The Kier molecular flexibility index (Phi) is 7.26. The summed E-state index contributed by atoms with van der Waals surface area (Å²) in [6.07, 6.45) is 0. The molecule has 11 heteroatoms. The van der Waals surface area contributed by atoms with Crippen LogP contribution in [0.5, 0.6) is 0 Å². The lowest BCUT2D eigenvalue weighted by Gasteiger charge is -2.18. The molecule has 25 heavy (non-hydrogen) atoms. The predicted molar refractivity (Wildman–Crippen MR) is 106 cm³/mol. The molecule has 0 amide bonds. The fourth-order valence-electron chi connectivity index (χ4n) is 1.66. The molecule has 0 atom stereocenters. The van der Waals surface area contributed by atoms with Gasteiger partial charge < -0.3 is 0 Å². The van der Waals surface area contributed by atoms with Crippen LogP contribution in [0, 0.1) is 0 Å². The molecule has 0 fully saturated rings. The van der Waals surface area contributed by atoms with Crippen LogP contribution in [0.4, 0.5) is 0 Å². The van der Waals surface area contributed by atoms with Gasteiger partial charge in [-0.05, 0) is 24.3 Å². The zero-order chi connectivity index (χ0) is 18.5. The van der Waals surface area contributed by atoms with E-state index in [1.54, 1.807) is 36.4 Å². The van der Waals surface area contributed by atoms with Gasteiger partial charge in [-0.1, -0.05) is 36.4 Å². The van der Waals surface area contributed by atoms with Gasteiger partial charge in [0.1, 0.15) is 0 Å². The van der Waals surface area contributed by atoms with E-state index in [1.807, 2.05) is 0 Å². The van der Waals surface area contributed by atoms with Crippen molar-refractivity contribution < 1.29 is 16.8 Å². The first kappa shape index (κ1) is 20.6. The van der Waals surface area contributed by atoms with Crippen molar-refractivity contribution in [1.29, 1.82) is 0 Å². The molecule has 2 aromatic carbocycles. The number of sulfonamides is 2. The van der Waals surface area contributed by atoms with Crippen LogP contribution in [0.25, 0.3) is 0 Å². The highest BCUT2D eigenvalue weighted by Crippen LogP contribution is 2.42. The Bertz CT molecular complexity index is 814. The van der Waals surface area contributed by atoms with Gasteiger partial charge in [-0.3, -0.25) is 0 Å². The van der Waals surface area contributed by atoms with Crippen LogP contribution in [0.3, 0.4) is 0 Å². The molecule has 0 aliphatic rings. The Morgan fingerprint density at radius 2 is 0.960 bits per heavy atom. The normalized spacial score (nSPS) is 12.6. The largest absolute Gasteiger partial charge is 0.252 e. The first-order valence-electron chi connectivity index (χ1n) is 6.85. The number of hydrogen-bond acceptors (Lipinski definition) is 7. The molecule has 0 unspecified atom stereocenters. The van der Waals surface area contributed by atoms with E-state index < -0.39 is 20.0 Å². The number of hydrogen-bond donors (Lipinski definition) is 0. The van der Waals surface area contributed by atoms with Crippen LogP contribution in [-0.4, -0.2) is 38.4 Å². The smallest absolute Gasteiger partial charge is 0.206 e. The van der Waals surface area contributed by atoms with Crippen LogP contribution in [0.1, 0.15) is 0 Å². The first-order valence-corrected chi connectivity index (χ1v) is 13.1. The van der Waals surface area contributed by atoms with Crippen molar-refractivity contribution in [2.24, 2.45) is 0 Å². The van der Waals surface area contributed by atoms with E-state index in [-0.39, 0.29) is 9.79 Å². The Balaban J connectivity index is 1.96.